The summed E-state index contributed by atoms with van der Waals surface area (Å²) >= 11 is 0. The lowest BCUT2D eigenvalue weighted by molar-refractivity contribution is -0.137. The second-order valence-corrected chi connectivity index (χ2v) is 9.66. The molecule has 0 fully saturated rings. The highest BCUT2D eigenvalue weighted by Gasteiger charge is 2.27. The number of aryl methyl sites for hydroxylation is 1. The molecule has 34 heavy (non-hydrogen) atoms. The molecule has 0 aliphatic carbocycles. The molecule has 3 rings (SSSR count). The van der Waals surface area contributed by atoms with Crippen molar-refractivity contribution in [1.29, 1.82) is 0 Å². The highest BCUT2D eigenvalue weighted by atomic mass is 16.6. The molecule has 0 unspecified atom stereocenters. The highest BCUT2D eigenvalue weighted by molar-refractivity contribution is 5.96. The van der Waals surface area contributed by atoms with Gasteiger partial charge < -0.3 is 19.2 Å². The van der Waals surface area contributed by atoms with Gasteiger partial charge >= 0.3 is 17.7 Å². The summed E-state index contributed by atoms with van der Waals surface area (Å²) in [7, 11) is 0. The second-order valence-electron chi connectivity index (χ2n) is 9.66. The Hall–Kier alpha value is -3.61. The largest absolute Gasteiger partial charge is 0.444 e. The second kappa shape index (κ2) is 10.1. The number of hydrogen-bond acceptors (Lipinski definition) is 6. The number of benzene rings is 2. The molecular weight excluding hydrogens is 434 g/mol. The number of nitrogens with one attached hydrogen (secondary N) is 1. The van der Waals surface area contributed by atoms with Crippen LogP contribution in [-0.4, -0.2) is 23.7 Å². The Labute approximate surface area is 199 Å². The van der Waals surface area contributed by atoms with E-state index in [-0.39, 0.29) is 11.7 Å². The summed E-state index contributed by atoms with van der Waals surface area (Å²) in [4.78, 5) is 37.6. The van der Waals surface area contributed by atoms with Crippen LogP contribution < -0.4 is 15.7 Å². The third-order valence-electron chi connectivity index (χ3n) is 5.09. The van der Waals surface area contributed by atoms with Crippen LogP contribution in [0, 0.1) is 12.8 Å². The normalized spacial score (nSPS) is 12.4. The Bertz CT molecular complexity index is 1240. The van der Waals surface area contributed by atoms with Gasteiger partial charge in [0.1, 0.15) is 23.0 Å². The van der Waals surface area contributed by atoms with Crippen molar-refractivity contribution in [3.8, 4) is 16.9 Å². The van der Waals surface area contributed by atoms with Gasteiger partial charge in [0.2, 0.25) is 0 Å². The first-order valence-electron chi connectivity index (χ1n) is 11.3. The van der Waals surface area contributed by atoms with Crippen molar-refractivity contribution in [3.05, 3.63) is 64.5 Å². The van der Waals surface area contributed by atoms with Gasteiger partial charge in [0.05, 0.1) is 0 Å². The van der Waals surface area contributed by atoms with E-state index in [0.29, 0.717) is 17.6 Å². The lowest BCUT2D eigenvalue weighted by Crippen LogP contribution is -2.45. The maximum Gasteiger partial charge on any atom is 0.408 e. The van der Waals surface area contributed by atoms with E-state index >= 15 is 0 Å². The summed E-state index contributed by atoms with van der Waals surface area (Å²) in [6.07, 6.45) is -0.318. The molecule has 0 radical (unpaired) electrons. The summed E-state index contributed by atoms with van der Waals surface area (Å²) in [5.41, 5.74) is 1.28. The molecule has 1 aromatic heterocycles. The van der Waals surface area contributed by atoms with Gasteiger partial charge in [-0.3, -0.25) is 0 Å². The predicted molar refractivity (Wildman–Crippen MR) is 131 cm³/mol. The number of fused-ring (bicyclic) bond motifs is 1. The van der Waals surface area contributed by atoms with Crippen LogP contribution in [0.3, 0.4) is 0 Å². The van der Waals surface area contributed by atoms with Gasteiger partial charge in [-0.1, -0.05) is 44.2 Å². The maximum atomic E-state index is 13.0. The highest BCUT2D eigenvalue weighted by Crippen LogP contribution is 2.33. The molecule has 1 N–H and O–H groups in total. The van der Waals surface area contributed by atoms with E-state index in [4.69, 9.17) is 13.9 Å². The molecule has 3 aromatic rings. The molecule has 0 aliphatic rings. The van der Waals surface area contributed by atoms with E-state index in [9.17, 15) is 14.4 Å². The van der Waals surface area contributed by atoms with Crippen LogP contribution in [-0.2, 0) is 9.53 Å². The number of carbonyl (C=O) groups excluding carboxylic acids is 2. The SMILES string of the molecule is Cc1c(OC(=O)[C@H](CC(C)C)NC(=O)OC(C)(C)C)ccc2c(-c3ccccc3)cc(=O)oc12. The molecule has 0 saturated carbocycles. The number of hydrogen-bond donors (Lipinski definition) is 1. The minimum atomic E-state index is -0.896. The molecule has 2 aromatic carbocycles. The van der Waals surface area contributed by atoms with Gasteiger partial charge in [0, 0.05) is 17.0 Å². The van der Waals surface area contributed by atoms with Gasteiger partial charge in [0.15, 0.2) is 0 Å². The third-order valence-corrected chi connectivity index (χ3v) is 5.09. The lowest BCUT2D eigenvalue weighted by atomic mass is 10.00. The number of alkyl carbamates (subject to hydrolysis) is 1. The predicted octanol–water partition coefficient (Wildman–Crippen LogP) is 5.61. The zero-order chi connectivity index (χ0) is 25.0. The van der Waals surface area contributed by atoms with Crippen LogP contribution in [0.5, 0.6) is 5.75 Å². The number of rotatable bonds is 6. The van der Waals surface area contributed by atoms with Crippen LogP contribution >= 0.6 is 0 Å². The summed E-state index contributed by atoms with van der Waals surface area (Å²) in [6, 6.07) is 13.5. The molecule has 7 heteroatoms. The molecule has 1 heterocycles. The summed E-state index contributed by atoms with van der Waals surface area (Å²) in [6.45, 7) is 10.9. The van der Waals surface area contributed by atoms with Crippen LogP contribution in [0.15, 0.2) is 57.7 Å². The van der Waals surface area contributed by atoms with Gasteiger partial charge in [-0.2, -0.15) is 0 Å². The quantitative estimate of drug-likeness (QED) is 0.289. The van der Waals surface area contributed by atoms with Gasteiger partial charge in [-0.15, -0.1) is 0 Å². The van der Waals surface area contributed by atoms with Gasteiger partial charge in [-0.05, 0) is 63.3 Å². The average molecular weight is 466 g/mol. The van der Waals surface area contributed by atoms with E-state index in [1.807, 2.05) is 44.2 Å². The van der Waals surface area contributed by atoms with E-state index in [2.05, 4.69) is 5.32 Å². The van der Waals surface area contributed by atoms with Crippen molar-refractivity contribution in [3.63, 3.8) is 0 Å². The summed E-state index contributed by atoms with van der Waals surface area (Å²) in [5.74, 6) is -0.245. The molecule has 1 atom stereocenters. The smallest absolute Gasteiger partial charge is 0.408 e. The average Bonchev–Trinajstić information content (AvgIpc) is 2.74. The van der Waals surface area contributed by atoms with Crippen molar-refractivity contribution >= 4 is 23.0 Å². The Morgan fingerprint density at radius 3 is 2.35 bits per heavy atom. The van der Waals surface area contributed by atoms with Gasteiger partial charge in [0.25, 0.3) is 0 Å². The summed E-state index contributed by atoms with van der Waals surface area (Å²) < 4.78 is 16.4. The van der Waals surface area contributed by atoms with Crippen molar-refractivity contribution in [2.24, 2.45) is 5.92 Å². The van der Waals surface area contributed by atoms with E-state index < -0.39 is 29.3 Å². The van der Waals surface area contributed by atoms with Gasteiger partial charge in [-0.25, -0.2) is 14.4 Å². The fourth-order valence-corrected chi connectivity index (χ4v) is 3.62. The Kier molecular flexibility index (Phi) is 7.44. The maximum absolute atomic E-state index is 13.0. The Morgan fingerprint density at radius 2 is 1.74 bits per heavy atom. The van der Waals surface area contributed by atoms with Crippen molar-refractivity contribution < 1.29 is 23.5 Å². The minimum Gasteiger partial charge on any atom is -0.444 e. The first-order valence-corrected chi connectivity index (χ1v) is 11.3. The molecule has 0 bridgehead atoms. The number of amides is 1. The minimum absolute atomic E-state index is 0.122. The molecule has 0 spiro atoms. The zero-order valence-corrected chi connectivity index (χ0v) is 20.4. The van der Waals surface area contributed by atoms with E-state index in [0.717, 1.165) is 16.5 Å². The fraction of sp³-hybridized carbons (Fsp3) is 0.370. The van der Waals surface area contributed by atoms with Crippen molar-refractivity contribution in [2.75, 3.05) is 0 Å². The first kappa shape index (κ1) is 25.0. The van der Waals surface area contributed by atoms with Crippen molar-refractivity contribution in [2.45, 2.75) is 59.6 Å². The number of ether oxygens (including phenoxy) is 2. The summed E-state index contributed by atoms with van der Waals surface area (Å²) in [5, 5.41) is 3.34. The van der Waals surface area contributed by atoms with Crippen LogP contribution in [0.25, 0.3) is 22.1 Å². The molecule has 0 aliphatic heterocycles. The zero-order valence-electron chi connectivity index (χ0n) is 20.4. The monoisotopic (exact) mass is 465 g/mol. The number of esters is 1. The lowest BCUT2D eigenvalue weighted by Gasteiger charge is -2.24. The number of carbonyl (C=O) groups is 2. The molecule has 180 valence electrons. The van der Waals surface area contributed by atoms with Crippen LogP contribution in [0.1, 0.15) is 46.6 Å². The van der Waals surface area contributed by atoms with E-state index in [1.165, 1.54) is 6.07 Å². The van der Waals surface area contributed by atoms with Crippen molar-refractivity contribution in [1.82, 2.24) is 5.32 Å². The van der Waals surface area contributed by atoms with E-state index in [1.54, 1.807) is 39.8 Å². The molecular formula is C27H31NO6. The Morgan fingerprint density at radius 1 is 1.06 bits per heavy atom. The van der Waals surface area contributed by atoms with Crippen LogP contribution in [0.2, 0.25) is 0 Å². The molecule has 0 saturated heterocycles. The first-order chi connectivity index (χ1) is 15.9. The molecule has 1 amide bonds. The Balaban J connectivity index is 1.92. The molecule has 7 nitrogen and oxygen atoms in total. The topological polar surface area (TPSA) is 94.8 Å². The fourth-order valence-electron chi connectivity index (χ4n) is 3.62. The third kappa shape index (κ3) is 6.25. The standard InChI is InChI=1S/C27H31NO6/c1-16(2)14-21(28-26(31)34-27(4,5)6)25(30)32-22-13-12-19-20(18-10-8-7-9-11-18)15-23(29)33-24(19)17(22)3/h7-13,15-16,21H,14H2,1-6H3,(H,28,31)/t21-/m0/s1. The van der Waals surface area contributed by atoms with Crippen LogP contribution in [0.4, 0.5) is 4.79 Å².